The van der Waals surface area contributed by atoms with Crippen molar-refractivity contribution in [1.29, 1.82) is 0 Å². The van der Waals surface area contributed by atoms with E-state index in [1.807, 2.05) is 13.8 Å². The van der Waals surface area contributed by atoms with Crippen molar-refractivity contribution in [2.75, 3.05) is 13.7 Å². The summed E-state index contributed by atoms with van der Waals surface area (Å²) < 4.78 is 24.8. The minimum absolute atomic E-state index is 0.0825. The Balaban J connectivity index is 1.32. The van der Waals surface area contributed by atoms with Crippen LogP contribution in [0.5, 0.6) is 46.0 Å². The molecule has 0 aromatic heterocycles. The molecule has 1 unspecified atom stereocenters. The van der Waals surface area contributed by atoms with Gasteiger partial charge in [-0.15, -0.1) is 0 Å². The van der Waals surface area contributed by atoms with E-state index in [2.05, 4.69) is 37.2 Å². The number of aliphatic hydroxyl groups excluding tert-OH is 6. The van der Waals surface area contributed by atoms with Gasteiger partial charge in [0, 0.05) is 22.8 Å². The van der Waals surface area contributed by atoms with Gasteiger partial charge in [-0.1, -0.05) is 55.2 Å². The molecular weight excluding hydrogens is 1240 g/mol. The van der Waals surface area contributed by atoms with Crippen LogP contribution in [0.25, 0.3) is 11.1 Å². The first-order valence-electron chi connectivity index (χ1n) is 27.9. The zero-order valence-corrected chi connectivity index (χ0v) is 49.5. The molecule has 0 aliphatic carbocycles. The highest BCUT2D eigenvalue weighted by atomic mass is 35.5. The van der Waals surface area contributed by atoms with Crippen LogP contribution in [-0.2, 0) is 43.1 Å². The summed E-state index contributed by atoms with van der Waals surface area (Å²) in [5.74, 6) is -15.8. The number of phenols is 3. The molecule has 6 aliphatic rings. The van der Waals surface area contributed by atoms with Crippen LogP contribution in [0.4, 0.5) is 0 Å². The number of carbonyl (C=O) groups excluding carboxylic acids is 7. The first-order valence-corrected chi connectivity index (χ1v) is 28.7. The number of nitrogens with one attached hydrogen (secondary N) is 7. The highest BCUT2D eigenvalue weighted by molar-refractivity contribution is 6.32. The lowest BCUT2D eigenvalue weighted by Crippen LogP contribution is -2.60. The Morgan fingerprint density at radius 3 is 1.84 bits per heavy atom. The Bertz CT molecular complexity index is 3730. The standard InChI is InChI=1S/C59H62Cl2N8O22/c1-20(2)10-30(63-3)52(80)68-44-46(75)22-5-8-34(28(60)12-22)88-36-14-24-15-37(51(36)91-59-50(79)49(78)48(77)38(19-70)90-59)89-35-9-6-23(13-29(35)61)47(76)45-57(85)67-43(58(86)87)27-16-25(71)17-33(73)40(27)26-11-21(4-7-32(26)72)41(54(82)69-45)66-55(83)42(24)65-53(81)31(18-39(62)74)64-56(44)84/h4-9,11-17,20,30-31,38,41-50,59,63,70-73,75-79H,10,18-19H2,1-3H3,(H2,62,74)(H,64,84)(H,65,81)(H,66,83)(H,67,85)(H,68,80)(H,69,82)(H,86,87)/t30-,31+,38-,41-,42-,43?,44-,45+,46-,47-,48-,49+,50-,59+/m1/s1. The first-order chi connectivity index (χ1) is 43.1. The van der Waals surface area contributed by atoms with Gasteiger partial charge in [-0.25, -0.2) is 4.79 Å². The van der Waals surface area contributed by atoms with E-state index in [1.54, 1.807) is 0 Å². The van der Waals surface area contributed by atoms with Crippen molar-refractivity contribution >= 4 is 70.5 Å². The maximum Gasteiger partial charge on any atom is 0.330 e. The van der Waals surface area contributed by atoms with Crippen LogP contribution in [-0.4, -0.2) is 167 Å². The van der Waals surface area contributed by atoms with E-state index in [0.29, 0.717) is 0 Å². The summed E-state index contributed by atoms with van der Waals surface area (Å²) in [7, 11) is 1.47. The van der Waals surface area contributed by atoms with Crippen LogP contribution in [0.2, 0.25) is 10.0 Å². The Morgan fingerprint density at radius 2 is 1.25 bits per heavy atom. The summed E-state index contributed by atoms with van der Waals surface area (Å²) in [6.45, 7) is 2.69. The molecule has 6 aliphatic heterocycles. The number of rotatable bonds is 11. The molecule has 19 N–H and O–H groups in total. The summed E-state index contributed by atoms with van der Waals surface area (Å²) in [4.78, 5) is 115. The number of carboxylic acid groups (broad SMARTS) is 1. The molecule has 0 radical (unpaired) electrons. The maximum absolute atomic E-state index is 15.8. The predicted molar refractivity (Wildman–Crippen MR) is 313 cm³/mol. The van der Waals surface area contributed by atoms with Gasteiger partial charge in [0.05, 0.1) is 29.1 Å². The lowest BCUT2D eigenvalue weighted by atomic mass is 9.89. The van der Waals surface area contributed by atoms with Gasteiger partial charge in [0.2, 0.25) is 53.4 Å². The van der Waals surface area contributed by atoms with Gasteiger partial charge >= 0.3 is 5.97 Å². The molecule has 7 amide bonds. The Morgan fingerprint density at radius 1 is 0.659 bits per heavy atom. The van der Waals surface area contributed by atoms with Crippen LogP contribution < -0.4 is 57.2 Å². The number of hydrogen-bond acceptors (Lipinski definition) is 22. The molecule has 5 aromatic rings. The normalized spacial score (nSPS) is 26.2. The molecule has 11 rings (SSSR count). The Hall–Kier alpha value is -9.08. The van der Waals surface area contributed by atoms with Crippen molar-refractivity contribution < 1.29 is 108 Å². The van der Waals surface area contributed by atoms with Gasteiger partial charge in [0.25, 0.3) is 0 Å². The number of benzene rings is 5. The van der Waals surface area contributed by atoms with E-state index < -0.39 is 207 Å². The molecule has 11 bridgehead atoms. The van der Waals surface area contributed by atoms with E-state index in [9.17, 15) is 75.0 Å². The molecule has 1 fully saturated rings. The average molecular weight is 1310 g/mol. The number of aromatic hydroxyl groups is 3. The summed E-state index contributed by atoms with van der Waals surface area (Å²) in [6, 6.07) is -0.613. The second kappa shape index (κ2) is 27.2. The molecule has 1 saturated heterocycles. The molecule has 484 valence electrons. The molecular formula is C59H62Cl2N8O22. The fourth-order valence-corrected chi connectivity index (χ4v) is 11.2. The third kappa shape index (κ3) is 14.0. The van der Waals surface area contributed by atoms with E-state index in [4.69, 9.17) is 47.9 Å². The number of fused-ring (bicyclic) bond motifs is 15. The molecule has 0 saturated carbocycles. The van der Waals surface area contributed by atoms with Crippen LogP contribution in [0, 0.1) is 5.92 Å². The molecule has 0 spiro atoms. The first kappa shape index (κ1) is 66.3. The van der Waals surface area contributed by atoms with E-state index >= 15 is 14.4 Å². The zero-order valence-electron chi connectivity index (χ0n) is 48.0. The van der Waals surface area contributed by atoms with E-state index in [0.717, 1.165) is 66.7 Å². The van der Waals surface area contributed by atoms with Crippen molar-refractivity contribution in [2.24, 2.45) is 11.7 Å². The van der Waals surface area contributed by atoms with Crippen molar-refractivity contribution in [3.63, 3.8) is 0 Å². The Kier molecular flexibility index (Phi) is 19.8. The second-order valence-electron chi connectivity index (χ2n) is 22.2. The average Bonchev–Trinajstić information content (AvgIpc) is 0.790. The molecule has 30 nitrogen and oxygen atoms in total. The van der Waals surface area contributed by atoms with Crippen LogP contribution in [0.15, 0.2) is 78.9 Å². The van der Waals surface area contributed by atoms with Gasteiger partial charge in [0.15, 0.2) is 17.5 Å². The highest BCUT2D eigenvalue weighted by Crippen LogP contribution is 2.49. The zero-order chi connectivity index (χ0) is 66.2. The van der Waals surface area contributed by atoms with Gasteiger partial charge in [0.1, 0.15) is 95.6 Å². The van der Waals surface area contributed by atoms with E-state index in [1.165, 1.54) is 19.2 Å². The number of phenolic OH excluding ortho intramolecular Hbond substituents is 3. The van der Waals surface area contributed by atoms with Gasteiger partial charge in [-0.3, -0.25) is 33.6 Å². The van der Waals surface area contributed by atoms with Gasteiger partial charge in [-0.05, 0) is 96.2 Å². The number of halogens is 2. The summed E-state index contributed by atoms with van der Waals surface area (Å²) in [5, 5.41) is 128. The maximum atomic E-state index is 15.8. The number of amides is 7. The van der Waals surface area contributed by atoms with Crippen LogP contribution in [0.1, 0.15) is 84.8 Å². The molecule has 14 atom stereocenters. The smallest absolute Gasteiger partial charge is 0.330 e. The quantitative estimate of drug-likeness (QED) is 0.0819. The minimum Gasteiger partial charge on any atom is -0.508 e. The summed E-state index contributed by atoms with van der Waals surface area (Å²) in [5.41, 5.74) is 2.90. The molecule has 6 heterocycles. The number of nitrogens with two attached hydrogens (primary N) is 1. The molecule has 32 heteroatoms. The number of ether oxygens (including phenoxy) is 4. The highest BCUT2D eigenvalue weighted by Gasteiger charge is 2.47. The monoisotopic (exact) mass is 1300 g/mol. The number of aliphatic hydroxyl groups is 6. The van der Waals surface area contributed by atoms with Crippen molar-refractivity contribution in [1.82, 2.24) is 37.2 Å². The van der Waals surface area contributed by atoms with Crippen molar-refractivity contribution in [3.8, 4) is 57.1 Å². The SMILES string of the molecule is CN[C@H](CC(C)C)C(=O)N[C@H]1C(=O)N[C@@H](CC(N)=O)C(=O)N[C@H]2C(=O)N[C@H]3C(=O)N[C@H](C(=O)NC(C(=O)O)c4cc(O)cc(O)c4-c4cc3ccc4O)[C@H](O)c3ccc(c(Cl)c3)Oc3cc2cc(c3O[C@@H]2O[C@H](CO)[C@@H](O)[C@H](O)[C@H]2O)Oc2ccc(cc2Cl)[C@H]1O. The Labute approximate surface area is 525 Å². The largest absolute Gasteiger partial charge is 0.508 e. The third-order valence-corrected chi connectivity index (χ3v) is 16.0. The fraction of sp³-hybridized carbons (Fsp3) is 0.356. The number of aliphatic carboxylic acids is 1. The lowest BCUT2D eigenvalue weighted by Gasteiger charge is -2.39. The number of likely N-dealkylation sites (N-methyl/N-ethyl adjacent to an activating group) is 1. The predicted octanol–water partition coefficient (Wildman–Crippen LogP) is -0.131. The minimum atomic E-state index is -2.31. The van der Waals surface area contributed by atoms with Crippen molar-refractivity contribution in [2.45, 2.75) is 112 Å². The second-order valence-corrected chi connectivity index (χ2v) is 23.0. The van der Waals surface area contributed by atoms with Crippen LogP contribution in [0.3, 0.4) is 0 Å². The lowest BCUT2D eigenvalue weighted by molar-refractivity contribution is -0.277. The van der Waals surface area contributed by atoms with Crippen molar-refractivity contribution in [3.05, 3.63) is 117 Å². The van der Waals surface area contributed by atoms with Gasteiger partial charge in [-0.2, -0.15) is 0 Å². The number of carboxylic acids is 1. The summed E-state index contributed by atoms with van der Waals surface area (Å²) in [6.07, 6.45) is -14.9. The fourth-order valence-electron chi connectivity index (χ4n) is 10.7. The number of carbonyl (C=O) groups is 8. The molecule has 91 heavy (non-hydrogen) atoms. The van der Waals surface area contributed by atoms with E-state index in [-0.39, 0.29) is 45.6 Å². The third-order valence-electron chi connectivity index (χ3n) is 15.4. The van der Waals surface area contributed by atoms with Gasteiger partial charge < -0.3 is 113 Å². The molecule has 5 aromatic carbocycles. The topological polar surface area (TPSA) is 486 Å². The van der Waals surface area contributed by atoms with Crippen LogP contribution >= 0.6 is 23.2 Å². The summed E-state index contributed by atoms with van der Waals surface area (Å²) >= 11 is 13.8. The number of hydrogen-bond donors (Lipinski definition) is 18. The number of primary amides is 1.